The Morgan fingerprint density at radius 1 is 1.33 bits per heavy atom. The summed E-state index contributed by atoms with van der Waals surface area (Å²) in [5.41, 5.74) is 2.42. The minimum atomic E-state index is -0.266. The second-order valence-electron chi connectivity index (χ2n) is 5.00. The Balaban J connectivity index is 2.57. The first-order chi connectivity index (χ1) is 10.3. The smallest absolute Gasteiger partial charge is 0.330 e. The minimum Gasteiger partial charge on any atom is -0.463 e. The van der Waals surface area contributed by atoms with Crippen molar-refractivity contribution in [1.29, 1.82) is 0 Å². The topological polar surface area (TPSA) is 26.3 Å². The second-order valence-corrected chi connectivity index (χ2v) is 6.11. The van der Waals surface area contributed by atoms with Crippen molar-refractivity contribution in [1.82, 2.24) is 0 Å². The maximum atomic E-state index is 11.4. The number of esters is 1. The minimum absolute atomic E-state index is 0.266. The van der Waals surface area contributed by atoms with Crippen LogP contribution in [0, 0.1) is 11.8 Å². The molecule has 0 spiro atoms. The van der Waals surface area contributed by atoms with Gasteiger partial charge in [0, 0.05) is 11.6 Å². The Morgan fingerprint density at radius 2 is 2.14 bits per heavy atom. The van der Waals surface area contributed by atoms with E-state index in [0.717, 1.165) is 18.6 Å². The lowest BCUT2D eigenvalue weighted by atomic mass is 9.92. The first-order valence-electron chi connectivity index (χ1n) is 7.91. The molecule has 0 heterocycles. The first-order valence-corrected chi connectivity index (χ1v) is 9.06. The molecule has 0 unspecified atom stereocenters. The third kappa shape index (κ3) is 8.02. The fraction of sp³-hybridized carbons (Fsp3) is 0.611. The quantitative estimate of drug-likeness (QED) is 0.299. The Kier molecular flexibility index (Phi) is 9.82. The molecule has 1 aliphatic rings. The molecule has 0 aromatic rings. The molecule has 0 bridgehead atoms. The summed E-state index contributed by atoms with van der Waals surface area (Å²) in [6, 6.07) is 0. The van der Waals surface area contributed by atoms with Gasteiger partial charge in [-0.15, -0.1) is 11.8 Å². The summed E-state index contributed by atoms with van der Waals surface area (Å²) in [7, 11) is 0. The number of hydrogen-bond donors (Lipinski definition) is 0. The molecule has 0 N–H and O–H groups in total. The van der Waals surface area contributed by atoms with Crippen molar-refractivity contribution < 1.29 is 9.53 Å². The van der Waals surface area contributed by atoms with Crippen LogP contribution in [0.4, 0.5) is 0 Å². The van der Waals surface area contributed by atoms with Crippen LogP contribution in [0.25, 0.3) is 0 Å². The van der Waals surface area contributed by atoms with Gasteiger partial charge in [0.1, 0.15) is 0 Å². The van der Waals surface area contributed by atoms with Crippen LogP contribution in [-0.2, 0) is 9.53 Å². The molecule has 1 rings (SSSR count). The monoisotopic (exact) mass is 306 g/mol. The molecule has 0 atom stereocenters. The third-order valence-electron chi connectivity index (χ3n) is 3.27. The summed E-state index contributed by atoms with van der Waals surface area (Å²) in [5, 5.41) is 0. The summed E-state index contributed by atoms with van der Waals surface area (Å²) in [6.07, 6.45) is 10.4. The largest absolute Gasteiger partial charge is 0.463 e. The highest BCUT2D eigenvalue weighted by Gasteiger charge is 2.09. The molecule has 0 fully saturated rings. The van der Waals surface area contributed by atoms with Gasteiger partial charge in [0.05, 0.1) is 12.4 Å². The van der Waals surface area contributed by atoms with E-state index in [-0.39, 0.29) is 5.97 Å². The van der Waals surface area contributed by atoms with Gasteiger partial charge in [-0.3, -0.25) is 0 Å². The van der Waals surface area contributed by atoms with E-state index in [1.807, 2.05) is 24.8 Å². The number of ether oxygens (including phenoxy) is 1. The number of hydrogen-bond acceptors (Lipinski definition) is 3. The van der Waals surface area contributed by atoms with Gasteiger partial charge in [0.25, 0.3) is 0 Å². The van der Waals surface area contributed by atoms with E-state index in [0.29, 0.717) is 6.61 Å². The highest BCUT2D eigenvalue weighted by Crippen LogP contribution is 2.25. The lowest BCUT2D eigenvalue weighted by Crippen LogP contribution is -2.01. The van der Waals surface area contributed by atoms with E-state index in [1.165, 1.54) is 48.7 Å². The summed E-state index contributed by atoms with van der Waals surface area (Å²) in [4.78, 5) is 11.4. The predicted molar refractivity (Wildman–Crippen MR) is 91.3 cm³/mol. The zero-order valence-electron chi connectivity index (χ0n) is 13.2. The van der Waals surface area contributed by atoms with E-state index in [2.05, 4.69) is 18.8 Å². The zero-order valence-corrected chi connectivity index (χ0v) is 14.1. The molecule has 0 aromatic carbocycles. The Labute approximate surface area is 133 Å². The Bertz CT molecular complexity index is 438. The van der Waals surface area contributed by atoms with Crippen LogP contribution in [-0.4, -0.2) is 24.1 Å². The molecule has 21 heavy (non-hydrogen) atoms. The number of carbonyl (C=O) groups excluding carboxylic acids is 1. The van der Waals surface area contributed by atoms with E-state index in [9.17, 15) is 4.79 Å². The van der Waals surface area contributed by atoms with E-state index >= 15 is 0 Å². The normalized spacial score (nSPS) is 15.0. The van der Waals surface area contributed by atoms with Crippen molar-refractivity contribution in [3.05, 3.63) is 23.3 Å². The Morgan fingerprint density at radius 3 is 2.90 bits per heavy atom. The maximum Gasteiger partial charge on any atom is 0.330 e. The molecular formula is C18H26O2S. The molecule has 2 nitrogen and oxygen atoms in total. The molecule has 3 heteroatoms. The fourth-order valence-electron chi connectivity index (χ4n) is 2.13. The van der Waals surface area contributed by atoms with Gasteiger partial charge < -0.3 is 4.74 Å². The van der Waals surface area contributed by atoms with Crippen molar-refractivity contribution in [2.24, 2.45) is 0 Å². The van der Waals surface area contributed by atoms with Crippen LogP contribution in [0.2, 0.25) is 0 Å². The average Bonchev–Trinajstić information content (AvgIpc) is 2.50. The first kappa shape index (κ1) is 17.9. The molecule has 0 aromatic heterocycles. The highest BCUT2D eigenvalue weighted by atomic mass is 32.2. The van der Waals surface area contributed by atoms with Crippen molar-refractivity contribution in [3.8, 4) is 11.8 Å². The lowest BCUT2D eigenvalue weighted by molar-refractivity contribution is -0.137. The van der Waals surface area contributed by atoms with Crippen LogP contribution in [0.1, 0.15) is 52.4 Å². The van der Waals surface area contributed by atoms with E-state index in [4.69, 9.17) is 4.74 Å². The third-order valence-corrected chi connectivity index (χ3v) is 4.20. The fourth-order valence-corrected chi connectivity index (χ4v) is 2.94. The number of rotatable bonds is 7. The van der Waals surface area contributed by atoms with Gasteiger partial charge in [-0.1, -0.05) is 31.3 Å². The highest BCUT2D eigenvalue weighted by molar-refractivity contribution is 7.99. The van der Waals surface area contributed by atoms with Gasteiger partial charge >= 0.3 is 5.97 Å². The van der Waals surface area contributed by atoms with Crippen LogP contribution >= 0.6 is 11.8 Å². The SMILES string of the molecule is CCCCSCC#CC1=C(/C=C/C(=O)OCC)CCCC1. The van der Waals surface area contributed by atoms with Crippen LogP contribution in [0.5, 0.6) is 0 Å². The molecule has 0 saturated carbocycles. The van der Waals surface area contributed by atoms with Gasteiger partial charge in [-0.25, -0.2) is 4.79 Å². The number of carbonyl (C=O) groups is 1. The summed E-state index contributed by atoms with van der Waals surface area (Å²) in [5.74, 6) is 8.40. The van der Waals surface area contributed by atoms with Gasteiger partial charge in [-0.05, 0) is 50.4 Å². The predicted octanol–water partition coefficient (Wildman–Crippen LogP) is 4.51. The van der Waals surface area contributed by atoms with Crippen molar-refractivity contribution in [3.63, 3.8) is 0 Å². The summed E-state index contributed by atoms with van der Waals surface area (Å²) in [6.45, 7) is 4.45. The lowest BCUT2D eigenvalue weighted by Gasteiger charge is -2.13. The van der Waals surface area contributed by atoms with Gasteiger partial charge in [-0.2, -0.15) is 0 Å². The van der Waals surface area contributed by atoms with Crippen molar-refractivity contribution in [2.45, 2.75) is 52.4 Å². The van der Waals surface area contributed by atoms with Crippen molar-refractivity contribution in [2.75, 3.05) is 18.1 Å². The number of unbranched alkanes of at least 4 members (excludes halogenated alkanes) is 1. The Hall–Kier alpha value is -1.14. The molecule has 0 saturated heterocycles. The zero-order chi connectivity index (χ0) is 15.3. The van der Waals surface area contributed by atoms with Crippen LogP contribution < -0.4 is 0 Å². The van der Waals surface area contributed by atoms with Crippen molar-refractivity contribution >= 4 is 17.7 Å². The average molecular weight is 306 g/mol. The van der Waals surface area contributed by atoms with E-state index < -0.39 is 0 Å². The summed E-state index contributed by atoms with van der Waals surface area (Å²) >= 11 is 1.90. The molecule has 116 valence electrons. The molecule has 0 amide bonds. The van der Waals surface area contributed by atoms with Gasteiger partial charge in [0.2, 0.25) is 0 Å². The van der Waals surface area contributed by atoms with E-state index in [1.54, 1.807) is 0 Å². The van der Waals surface area contributed by atoms with Gasteiger partial charge in [0.15, 0.2) is 0 Å². The summed E-state index contributed by atoms with van der Waals surface area (Å²) < 4.78 is 4.92. The van der Waals surface area contributed by atoms with Crippen LogP contribution in [0.3, 0.4) is 0 Å². The standard InChI is InChI=1S/C18H26O2S/c1-3-5-14-21-15-8-11-16-9-6-7-10-17(16)12-13-18(19)20-4-2/h12-13H,3-7,9-10,14-15H2,1-2H3/b13-12+. The second kappa shape index (κ2) is 11.5. The van der Waals surface area contributed by atoms with Crippen LogP contribution in [0.15, 0.2) is 23.3 Å². The molecular weight excluding hydrogens is 280 g/mol. The maximum absolute atomic E-state index is 11.4. The molecule has 0 radical (unpaired) electrons. The molecule has 1 aliphatic carbocycles. The molecule has 0 aliphatic heterocycles. The number of allylic oxidation sites excluding steroid dienone is 3. The number of thioether (sulfide) groups is 1.